The lowest BCUT2D eigenvalue weighted by atomic mass is 10.0. The molecular formula is C27H21N3O3S2. The Bertz CT molecular complexity index is 1550. The van der Waals surface area contributed by atoms with Crippen molar-refractivity contribution in [3.63, 3.8) is 0 Å². The molecule has 0 fully saturated rings. The third-order valence-electron chi connectivity index (χ3n) is 5.67. The summed E-state index contributed by atoms with van der Waals surface area (Å²) in [5, 5.41) is 4.45. The molecule has 35 heavy (non-hydrogen) atoms. The minimum absolute atomic E-state index is 0.0329. The van der Waals surface area contributed by atoms with E-state index in [9.17, 15) is 13.2 Å². The van der Waals surface area contributed by atoms with Crippen LogP contribution in [0.15, 0.2) is 89.3 Å². The number of benzene rings is 2. The zero-order valence-electron chi connectivity index (χ0n) is 18.6. The zero-order valence-corrected chi connectivity index (χ0v) is 20.3. The number of sulfonamides is 1. The van der Waals surface area contributed by atoms with Crippen molar-refractivity contribution < 1.29 is 13.2 Å². The van der Waals surface area contributed by atoms with Gasteiger partial charge >= 0.3 is 0 Å². The van der Waals surface area contributed by atoms with Crippen LogP contribution >= 0.6 is 11.3 Å². The van der Waals surface area contributed by atoms with Crippen molar-refractivity contribution in [1.29, 1.82) is 0 Å². The van der Waals surface area contributed by atoms with Gasteiger partial charge in [0, 0.05) is 30.5 Å². The zero-order chi connectivity index (χ0) is 24.3. The fourth-order valence-corrected chi connectivity index (χ4v) is 6.63. The average Bonchev–Trinajstić information content (AvgIpc) is 3.39. The van der Waals surface area contributed by atoms with Crippen molar-refractivity contribution in [2.75, 3.05) is 11.9 Å². The summed E-state index contributed by atoms with van der Waals surface area (Å²) in [4.78, 5) is 17.5. The molecule has 2 aromatic heterocycles. The van der Waals surface area contributed by atoms with Gasteiger partial charge in [-0.05, 0) is 65.2 Å². The maximum atomic E-state index is 13.4. The second kappa shape index (κ2) is 9.84. The molecule has 1 aliphatic rings. The summed E-state index contributed by atoms with van der Waals surface area (Å²) in [5.74, 6) is 5.55. The number of carbonyl (C=O) groups excluding carboxylic acids is 1. The quantitative estimate of drug-likeness (QED) is 0.418. The molecule has 1 amide bonds. The molecule has 1 N–H and O–H groups in total. The average molecular weight is 500 g/mol. The molecular weight excluding hydrogens is 478 g/mol. The SMILES string of the molecule is O=C(Nc1cccc(C#Cc2ccccn2)c1)c1sccc1S(=O)(=O)N1CCc2ccccc2C1. The Morgan fingerprint density at radius 1 is 0.971 bits per heavy atom. The first kappa shape index (κ1) is 23.0. The predicted octanol–water partition coefficient (Wildman–Crippen LogP) is 4.54. The lowest BCUT2D eigenvalue weighted by molar-refractivity contribution is 0.102. The van der Waals surface area contributed by atoms with Crippen molar-refractivity contribution in [2.45, 2.75) is 17.9 Å². The van der Waals surface area contributed by atoms with Crippen LogP contribution in [0.1, 0.15) is 32.1 Å². The third kappa shape index (κ3) is 5.03. The maximum Gasteiger partial charge on any atom is 0.267 e. The van der Waals surface area contributed by atoms with E-state index >= 15 is 0 Å². The van der Waals surface area contributed by atoms with Crippen LogP contribution in [0.25, 0.3) is 0 Å². The van der Waals surface area contributed by atoms with E-state index in [1.807, 2.05) is 48.5 Å². The summed E-state index contributed by atoms with van der Waals surface area (Å²) in [6.45, 7) is 0.680. The number of anilines is 1. The lowest BCUT2D eigenvalue weighted by Gasteiger charge is -2.28. The Morgan fingerprint density at radius 3 is 2.63 bits per heavy atom. The number of aromatic nitrogens is 1. The smallest absolute Gasteiger partial charge is 0.267 e. The van der Waals surface area contributed by atoms with Crippen molar-refractivity contribution in [3.05, 3.63) is 112 Å². The van der Waals surface area contributed by atoms with E-state index in [0.29, 0.717) is 36.5 Å². The highest BCUT2D eigenvalue weighted by Gasteiger charge is 2.32. The molecule has 0 atom stereocenters. The highest BCUT2D eigenvalue weighted by atomic mass is 32.2. The lowest BCUT2D eigenvalue weighted by Crippen LogP contribution is -2.36. The molecule has 0 unspecified atom stereocenters. The number of rotatable bonds is 4. The van der Waals surface area contributed by atoms with Crippen molar-refractivity contribution >= 4 is 33.0 Å². The van der Waals surface area contributed by atoms with Gasteiger partial charge in [0.05, 0.1) is 0 Å². The molecule has 174 valence electrons. The molecule has 0 aliphatic carbocycles. The molecule has 8 heteroatoms. The van der Waals surface area contributed by atoms with E-state index in [0.717, 1.165) is 22.5 Å². The van der Waals surface area contributed by atoms with Crippen LogP contribution in [-0.4, -0.2) is 30.2 Å². The van der Waals surface area contributed by atoms with Gasteiger partial charge in [-0.25, -0.2) is 13.4 Å². The van der Waals surface area contributed by atoms with E-state index in [2.05, 4.69) is 22.1 Å². The first-order chi connectivity index (χ1) is 17.0. The molecule has 5 rings (SSSR count). The number of nitrogens with zero attached hydrogens (tertiary/aromatic N) is 2. The second-order valence-corrected chi connectivity index (χ2v) is 10.8. The van der Waals surface area contributed by atoms with Gasteiger partial charge in [-0.15, -0.1) is 11.3 Å². The molecule has 0 spiro atoms. The summed E-state index contributed by atoms with van der Waals surface area (Å²) in [7, 11) is -3.82. The van der Waals surface area contributed by atoms with Crippen LogP contribution in [0, 0.1) is 11.8 Å². The Labute approximate surface area is 208 Å². The Morgan fingerprint density at radius 2 is 1.80 bits per heavy atom. The second-order valence-electron chi connectivity index (χ2n) is 7.97. The van der Waals surface area contributed by atoms with Gasteiger partial charge in [0.2, 0.25) is 10.0 Å². The van der Waals surface area contributed by atoms with Crippen LogP contribution < -0.4 is 5.32 Å². The first-order valence-corrected chi connectivity index (χ1v) is 13.3. The number of nitrogens with one attached hydrogen (secondary N) is 1. The summed E-state index contributed by atoms with van der Waals surface area (Å²) in [6.07, 6.45) is 2.32. The molecule has 0 bridgehead atoms. The number of fused-ring (bicyclic) bond motifs is 1. The summed E-state index contributed by atoms with van der Waals surface area (Å²) < 4.78 is 28.3. The minimum Gasteiger partial charge on any atom is -0.321 e. The fourth-order valence-electron chi connectivity index (χ4n) is 3.92. The van der Waals surface area contributed by atoms with Crippen molar-refractivity contribution in [2.24, 2.45) is 0 Å². The Kier molecular flexibility index (Phi) is 6.47. The highest BCUT2D eigenvalue weighted by molar-refractivity contribution is 7.89. The molecule has 2 aromatic carbocycles. The number of pyridine rings is 1. The Hall–Kier alpha value is -3.77. The van der Waals surface area contributed by atoms with Crippen LogP contribution in [0.5, 0.6) is 0 Å². The fraction of sp³-hybridized carbons (Fsp3) is 0.111. The third-order valence-corrected chi connectivity index (χ3v) is 8.60. The minimum atomic E-state index is -3.82. The molecule has 1 aliphatic heterocycles. The maximum absolute atomic E-state index is 13.4. The van der Waals surface area contributed by atoms with Crippen LogP contribution in [-0.2, 0) is 23.0 Å². The van der Waals surface area contributed by atoms with Gasteiger partial charge in [-0.2, -0.15) is 4.31 Å². The van der Waals surface area contributed by atoms with E-state index in [-0.39, 0.29) is 9.77 Å². The number of hydrogen-bond donors (Lipinski definition) is 1. The number of thiophene rings is 1. The van der Waals surface area contributed by atoms with Gasteiger partial charge in [0.15, 0.2) is 0 Å². The van der Waals surface area contributed by atoms with Crippen molar-refractivity contribution in [1.82, 2.24) is 9.29 Å². The molecule has 6 nitrogen and oxygen atoms in total. The summed E-state index contributed by atoms with van der Waals surface area (Å²) >= 11 is 1.11. The topological polar surface area (TPSA) is 79.4 Å². The summed E-state index contributed by atoms with van der Waals surface area (Å²) in [6, 6.07) is 22.0. The van der Waals surface area contributed by atoms with Gasteiger partial charge in [0.25, 0.3) is 5.91 Å². The normalized spacial score (nSPS) is 13.4. The van der Waals surface area contributed by atoms with Crippen LogP contribution in [0.2, 0.25) is 0 Å². The van der Waals surface area contributed by atoms with Crippen LogP contribution in [0.3, 0.4) is 0 Å². The Balaban J connectivity index is 1.35. The molecule has 0 saturated carbocycles. The standard InChI is InChI=1S/C27H21N3O3S2/c31-27(29-24-10-5-6-20(18-24)11-12-23-9-3-4-15-28-23)26-25(14-17-34-26)35(32,33)30-16-13-21-7-1-2-8-22(21)19-30/h1-10,14-15,17-18H,13,16,19H2,(H,29,31). The summed E-state index contributed by atoms with van der Waals surface area (Å²) in [5.41, 5.74) is 4.04. The van der Waals surface area contributed by atoms with E-state index < -0.39 is 15.9 Å². The van der Waals surface area contributed by atoms with Gasteiger partial charge in [-0.3, -0.25) is 4.79 Å². The first-order valence-electron chi connectivity index (χ1n) is 11.0. The van der Waals surface area contributed by atoms with Gasteiger partial charge in [0.1, 0.15) is 15.5 Å². The number of hydrogen-bond acceptors (Lipinski definition) is 5. The number of carbonyl (C=O) groups is 1. The van der Waals surface area contributed by atoms with Gasteiger partial charge < -0.3 is 5.32 Å². The van der Waals surface area contributed by atoms with Crippen molar-refractivity contribution in [3.8, 4) is 11.8 Å². The van der Waals surface area contributed by atoms with Gasteiger partial charge in [-0.1, -0.05) is 42.3 Å². The highest BCUT2D eigenvalue weighted by Crippen LogP contribution is 2.30. The molecule has 0 saturated heterocycles. The van der Waals surface area contributed by atoms with E-state index in [1.165, 1.54) is 10.4 Å². The number of amides is 1. The molecule has 3 heterocycles. The molecule has 4 aromatic rings. The van der Waals surface area contributed by atoms with E-state index in [4.69, 9.17) is 0 Å². The monoisotopic (exact) mass is 499 g/mol. The largest absolute Gasteiger partial charge is 0.321 e. The predicted molar refractivity (Wildman–Crippen MR) is 137 cm³/mol. The molecule has 0 radical (unpaired) electrons. The van der Waals surface area contributed by atoms with Crippen LogP contribution in [0.4, 0.5) is 5.69 Å². The van der Waals surface area contributed by atoms with E-state index in [1.54, 1.807) is 29.8 Å².